The number of benzene rings is 2. The van der Waals surface area contributed by atoms with E-state index in [9.17, 15) is 14.4 Å². The second-order valence-corrected chi connectivity index (χ2v) is 12.1. The predicted octanol–water partition coefficient (Wildman–Crippen LogP) is 5.38. The number of nitrogens with zero attached hydrogens (tertiary/aromatic N) is 6. The highest BCUT2D eigenvalue weighted by Gasteiger charge is 2.53. The first-order valence-corrected chi connectivity index (χ1v) is 15.3. The average molecular weight is 627 g/mol. The summed E-state index contributed by atoms with van der Waals surface area (Å²) < 4.78 is 16.0. The fraction of sp³-hybridized carbons (Fsp3) is 0.471. The van der Waals surface area contributed by atoms with E-state index in [0.29, 0.717) is 32.1 Å². The van der Waals surface area contributed by atoms with Gasteiger partial charge in [0.2, 0.25) is 5.91 Å². The highest BCUT2D eigenvalue weighted by Crippen LogP contribution is 2.50. The Labute approximate surface area is 269 Å². The predicted molar refractivity (Wildman–Crippen MR) is 171 cm³/mol. The standard InChI is InChI=1S/2C17H19N3O3/c1-12(21)19(3)10-15-11-20(16(22)23-15)14-6-4-13(5-7-14)17(18-2)8-9-17;1-12(18-2)22-11-15-10-20(16(21)23-15)14-6-4-13(5-7-14)17(19-3)8-9-17/h4-7,15H,8-11H2,1,3H3;4-7,15H,8-11H2,1-2H3/t2*15-/m01/s1. The van der Waals surface area contributed by atoms with Crippen LogP contribution >= 0.6 is 0 Å². The normalized spacial score (nSPS) is 22.0. The van der Waals surface area contributed by atoms with Crippen LogP contribution in [0.2, 0.25) is 0 Å². The lowest BCUT2D eigenvalue weighted by atomic mass is 10.1. The molecule has 2 saturated heterocycles. The van der Waals surface area contributed by atoms with Crippen LogP contribution in [0.5, 0.6) is 0 Å². The molecule has 0 aromatic heterocycles. The van der Waals surface area contributed by atoms with E-state index in [-0.39, 0.29) is 35.3 Å². The Balaban J connectivity index is 0.000000181. The van der Waals surface area contributed by atoms with Crippen LogP contribution in [0.25, 0.3) is 9.69 Å². The molecule has 6 rings (SSSR count). The van der Waals surface area contributed by atoms with Gasteiger partial charge in [-0.05, 0) is 48.5 Å². The minimum Gasteiger partial charge on any atom is -0.477 e. The summed E-state index contributed by atoms with van der Waals surface area (Å²) in [6.45, 7) is 19.4. The van der Waals surface area contributed by atoms with Crippen molar-refractivity contribution < 1.29 is 28.6 Å². The number of cyclic esters (lactones) is 2. The van der Waals surface area contributed by atoms with Gasteiger partial charge in [-0.1, -0.05) is 0 Å². The Kier molecular flexibility index (Phi) is 9.19. The smallest absolute Gasteiger partial charge is 0.414 e. The number of carbonyl (C=O) groups is 3. The van der Waals surface area contributed by atoms with Crippen molar-refractivity contribution in [3.63, 3.8) is 0 Å². The van der Waals surface area contributed by atoms with Gasteiger partial charge in [-0.3, -0.25) is 19.6 Å². The minimum absolute atomic E-state index is 0.0577. The van der Waals surface area contributed by atoms with Crippen molar-refractivity contribution in [3.05, 3.63) is 82.5 Å². The van der Waals surface area contributed by atoms with E-state index in [1.54, 1.807) is 30.8 Å². The van der Waals surface area contributed by atoms with E-state index in [2.05, 4.69) is 14.7 Å². The quantitative estimate of drug-likeness (QED) is 0.221. The SMILES string of the molecule is [C-]#[N+]C1(c2ccc(N3C[C@H](CN(C)C(C)=O)OC3=O)cc2)CC1.[C-]#[N+]C1(c2ccc(N3C[C@H](COC(C)=NC)OC3=O)cc2)CC1. The second kappa shape index (κ2) is 13.1. The number of amides is 3. The summed E-state index contributed by atoms with van der Waals surface area (Å²) >= 11 is 0. The molecule has 2 saturated carbocycles. The average Bonchev–Trinajstić information content (AvgIpc) is 3.98. The number of ether oxygens (including phenoxy) is 3. The molecule has 0 spiro atoms. The molecule has 2 heterocycles. The third-order valence-electron chi connectivity index (χ3n) is 8.86. The molecule has 4 fully saturated rings. The number of anilines is 2. The fourth-order valence-electron chi connectivity index (χ4n) is 5.43. The lowest BCUT2D eigenvalue weighted by Gasteiger charge is -2.18. The number of hydrogen-bond donors (Lipinski definition) is 0. The van der Waals surface area contributed by atoms with E-state index in [0.717, 1.165) is 48.2 Å². The molecule has 2 aromatic carbocycles. The van der Waals surface area contributed by atoms with Crippen molar-refractivity contribution in [2.75, 3.05) is 50.1 Å². The van der Waals surface area contributed by atoms with Crippen LogP contribution in [0.4, 0.5) is 21.0 Å². The first-order chi connectivity index (χ1) is 22.0. The highest BCUT2D eigenvalue weighted by molar-refractivity contribution is 5.90. The maximum absolute atomic E-state index is 12.0. The van der Waals surface area contributed by atoms with Crippen LogP contribution in [0.15, 0.2) is 53.5 Å². The van der Waals surface area contributed by atoms with Gasteiger partial charge in [-0.2, -0.15) is 0 Å². The summed E-state index contributed by atoms with van der Waals surface area (Å²) in [5.74, 6) is 0.510. The maximum Gasteiger partial charge on any atom is 0.414 e. The van der Waals surface area contributed by atoms with Crippen molar-refractivity contribution in [1.29, 1.82) is 0 Å². The summed E-state index contributed by atoms with van der Waals surface area (Å²) in [5, 5.41) is 0. The van der Waals surface area contributed by atoms with Crippen molar-refractivity contribution in [1.82, 2.24) is 4.90 Å². The van der Waals surface area contributed by atoms with Gasteiger partial charge < -0.3 is 28.8 Å². The third-order valence-corrected chi connectivity index (χ3v) is 8.86. The van der Waals surface area contributed by atoms with Gasteiger partial charge in [0, 0.05) is 76.1 Å². The molecule has 0 bridgehead atoms. The summed E-state index contributed by atoms with van der Waals surface area (Å²) in [6.07, 6.45) is 2.24. The van der Waals surface area contributed by atoms with Gasteiger partial charge >= 0.3 is 12.2 Å². The molecule has 3 amide bonds. The summed E-state index contributed by atoms with van der Waals surface area (Å²) in [6, 6.07) is 15.2. The molecule has 0 radical (unpaired) electrons. The fourth-order valence-corrected chi connectivity index (χ4v) is 5.43. The Bertz CT molecular complexity index is 1580. The molecule has 4 aliphatic rings. The molecular weight excluding hydrogens is 588 g/mol. The van der Waals surface area contributed by atoms with Gasteiger partial charge in [-0.25, -0.2) is 22.7 Å². The van der Waals surface area contributed by atoms with E-state index in [4.69, 9.17) is 27.4 Å². The molecule has 2 aliphatic heterocycles. The third kappa shape index (κ3) is 6.91. The first-order valence-electron chi connectivity index (χ1n) is 15.3. The molecule has 240 valence electrons. The van der Waals surface area contributed by atoms with E-state index < -0.39 is 6.09 Å². The zero-order valence-electron chi connectivity index (χ0n) is 26.6. The van der Waals surface area contributed by atoms with Gasteiger partial charge in [0.25, 0.3) is 11.1 Å². The number of aliphatic imine (C=N–C) groups is 1. The van der Waals surface area contributed by atoms with Crippen LogP contribution < -0.4 is 9.80 Å². The molecular formula is C34H38N6O6. The molecule has 2 aromatic rings. The number of carbonyl (C=O) groups excluding carboxylic acids is 3. The van der Waals surface area contributed by atoms with Crippen LogP contribution in [-0.4, -0.2) is 81.4 Å². The topological polar surface area (TPSA) is 110 Å². The highest BCUT2D eigenvalue weighted by atomic mass is 16.6. The summed E-state index contributed by atoms with van der Waals surface area (Å²) in [7, 11) is 3.34. The van der Waals surface area contributed by atoms with Crippen molar-refractivity contribution in [3.8, 4) is 0 Å². The Morgan fingerprint density at radius 2 is 1.30 bits per heavy atom. The second-order valence-electron chi connectivity index (χ2n) is 12.1. The molecule has 2 atom stereocenters. The van der Waals surface area contributed by atoms with E-state index >= 15 is 0 Å². The first kappa shape index (κ1) is 32.3. The van der Waals surface area contributed by atoms with Gasteiger partial charge in [-0.15, -0.1) is 0 Å². The Hall–Kier alpha value is -5.10. The number of rotatable bonds is 8. The molecule has 12 nitrogen and oxygen atoms in total. The summed E-state index contributed by atoms with van der Waals surface area (Å²) in [4.78, 5) is 51.4. The Morgan fingerprint density at radius 1 is 0.870 bits per heavy atom. The van der Waals surface area contributed by atoms with Gasteiger partial charge in [0.1, 0.15) is 12.7 Å². The van der Waals surface area contributed by atoms with Crippen LogP contribution in [0.1, 0.15) is 50.7 Å². The lowest BCUT2D eigenvalue weighted by molar-refractivity contribution is -0.128. The zero-order chi connectivity index (χ0) is 33.1. The summed E-state index contributed by atoms with van der Waals surface area (Å²) in [5.41, 5.74) is 2.92. The minimum atomic E-state index is -0.397. The lowest BCUT2D eigenvalue weighted by Crippen LogP contribution is -2.35. The van der Waals surface area contributed by atoms with Crippen molar-refractivity contribution >= 4 is 35.4 Å². The monoisotopic (exact) mass is 626 g/mol. The maximum atomic E-state index is 12.0. The number of hydrogen-bond acceptors (Lipinski definition) is 7. The van der Waals surface area contributed by atoms with Crippen molar-refractivity contribution in [2.24, 2.45) is 4.99 Å². The molecule has 2 aliphatic carbocycles. The van der Waals surface area contributed by atoms with Crippen LogP contribution in [0.3, 0.4) is 0 Å². The van der Waals surface area contributed by atoms with Crippen LogP contribution in [0, 0.1) is 13.1 Å². The molecule has 0 N–H and O–H groups in total. The van der Waals surface area contributed by atoms with Gasteiger partial charge in [0.15, 0.2) is 12.0 Å². The Morgan fingerprint density at radius 3 is 1.70 bits per heavy atom. The van der Waals surface area contributed by atoms with E-state index in [1.165, 1.54) is 11.8 Å². The van der Waals surface area contributed by atoms with Crippen LogP contribution in [-0.2, 0) is 30.1 Å². The molecule has 46 heavy (non-hydrogen) atoms. The molecule has 0 unspecified atom stereocenters. The largest absolute Gasteiger partial charge is 0.477 e. The number of likely N-dealkylation sites (N-methyl/N-ethyl adjacent to an activating group) is 1. The zero-order valence-corrected chi connectivity index (χ0v) is 26.6. The van der Waals surface area contributed by atoms with E-state index in [1.807, 2.05) is 48.5 Å². The van der Waals surface area contributed by atoms with Crippen molar-refractivity contribution in [2.45, 2.75) is 62.8 Å². The molecule has 12 heteroatoms. The van der Waals surface area contributed by atoms with Gasteiger partial charge in [0.05, 0.1) is 19.6 Å².